The SMILES string of the molecule is CC(=O)N[C@H]1C([C@H](O)[C@H](O)CO)O[C@@](F)(C(=O)O)[C@@H](F)C1N=[N+]=[N-]. The van der Waals surface area contributed by atoms with E-state index >= 15 is 0 Å². The Balaban J connectivity index is 3.39. The first-order valence-electron chi connectivity index (χ1n) is 6.62. The van der Waals surface area contributed by atoms with Crippen LogP contribution in [0.15, 0.2) is 5.11 Å². The van der Waals surface area contributed by atoms with Crippen molar-refractivity contribution in [3.63, 3.8) is 0 Å². The van der Waals surface area contributed by atoms with Gasteiger partial charge in [-0.3, -0.25) is 4.79 Å². The van der Waals surface area contributed by atoms with Crippen LogP contribution in [0.25, 0.3) is 10.4 Å². The number of rotatable bonds is 6. The fourth-order valence-corrected chi connectivity index (χ4v) is 2.30. The van der Waals surface area contributed by atoms with Crippen molar-refractivity contribution in [3.05, 3.63) is 10.4 Å². The van der Waals surface area contributed by atoms with Crippen LogP contribution in [0.2, 0.25) is 0 Å². The van der Waals surface area contributed by atoms with E-state index in [9.17, 15) is 28.6 Å². The van der Waals surface area contributed by atoms with Crippen LogP contribution in [0, 0.1) is 0 Å². The maximum atomic E-state index is 14.4. The van der Waals surface area contributed by atoms with E-state index in [1.165, 1.54) is 0 Å². The molecule has 136 valence electrons. The van der Waals surface area contributed by atoms with E-state index < -0.39 is 60.9 Å². The first-order chi connectivity index (χ1) is 11.1. The van der Waals surface area contributed by atoms with Crippen molar-refractivity contribution >= 4 is 11.9 Å². The molecular weight excluding hydrogens is 338 g/mol. The van der Waals surface area contributed by atoms with Gasteiger partial charge in [-0.1, -0.05) is 5.11 Å². The number of hydrogen-bond acceptors (Lipinski definition) is 7. The number of hydrogen-bond donors (Lipinski definition) is 5. The number of amides is 1. The van der Waals surface area contributed by atoms with Crippen LogP contribution < -0.4 is 5.32 Å². The van der Waals surface area contributed by atoms with Crippen molar-refractivity contribution in [2.75, 3.05) is 6.61 Å². The number of ether oxygens (including phenoxy) is 1. The molecule has 0 aromatic carbocycles. The zero-order valence-electron chi connectivity index (χ0n) is 12.3. The Kier molecular flexibility index (Phi) is 6.40. The van der Waals surface area contributed by atoms with Crippen molar-refractivity contribution in [3.8, 4) is 0 Å². The number of carbonyl (C=O) groups excluding carboxylic acids is 1. The predicted octanol–water partition coefficient (Wildman–Crippen LogP) is -1.63. The average molecular weight is 354 g/mol. The number of alkyl halides is 2. The molecule has 13 heteroatoms. The van der Waals surface area contributed by atoms with E-state index in [2.05, 4.69) is 20.1 Å². The molecule has 11 nitrogen and oxygen atoms in total. The van der Waals surface area contributed by atoms with Crippen LogP contribution in [0.5, 0.6) is 0 Å². The second-order valence-corrected chi connectivity index (χ2v) is 5.10. The molecule has 1 heterocycles. The summed E-state index contributed by atoms with van der Waals surface area (Å²) in [6.45, 7) is -0.0494. The summed E-state index contributed by atoms with van der Waals surface area (Å²) >= 11 is 0. The first kappa shape index (κ1) is 20.0. The molecule has 0 aromatic rings. The quantitative estimate of drug-likeness (QED) is 0.215. The van der Waals surface area contributed by atoms with E-state index in [0.29, 0.717) is 0 Å². The lowest BCUT2D eigenvalue weighted by atomic mass is 9.86. The second kappa shape index (κ2) is 7.68. The largest absolute Gasteiger partial charge is 0.477 e. The number of nitrogens with one attached hydrogen (secondary N) is 1. The van der Waals surface area contributed by atoms with Crippen molar-refractivity contribution in [1.29, 1.82) is 0 Å². The Morgan fingerprint density at radius 3 is 2.50 bits per heavy atom. The molecule has 7 atom stereocenters. The van der Waals surface area contributed by atoms with Crippen LogP contribution >= 0.6 is 0 Å². The highest BCUT2D eigenvalue weighted by Gasteiger charge is 2.62. The number of halogens is 2. The van der Waals surface area contributed by atoms with Gasteiger partial charge in [0.25, 0.3) is 0 Å². The molecule has 2 unspecified atom stereocenters. The van der Waals surface area contributed by atoms with Crippen LogP contribution in [0.1, 0.15) is 6.92 Å². The summed E-state index contributed by atoms with van der Waals surface area (Å²) in [6.07, 6.45) is -9.09. The van der Waals surface area contributed by atoms with E-state index in [1.54, 1.807) is 0 Å². The monoisotopic (exact) mass is 354 g/mol. The third kappa shape index (κ3) is 3.71. The molecule has 1 saturated heterocycles. The van der Waals surface area contributed by atoms with Gasteiger partial charge in [0.15, 0.2) is 6.17 Å². The van der Waals surface area contributed by atoms with Crippen LogP contribution in [-0.2, 0) is 14.3 Å². The molecule has 5 N–H and O–H groups in total. The number of carboxylic acids is 1. The van der Waals surface area contributed by atoms with E-state index in [1.807, 2.05) is 0 Å². The zero-order valence-corrected chi connectivity index (χ0v) is 12.3. The minimum atomic E-state index is -4.01. The van der Waals surface area contributed by atoms with Crippen molar-refractivity contribution in [2.24, 2.45) is 5.11 Å². The zero-order chi connectivity index (χ0) is 18.7. The summed E-state index contributed by atoms with van der Waals surface area (Å²) in [4.78, 5) is 24.5. The number of nitrogens with zero attached hydrogens (tertiary/aromatic N) is 3. The fourth-order valence-electron chi connectivity index (χ4n) is 2.30. The highest BCUT2D eigenvalue weighted by molar-refractivity contribution is 5.77. The normalized spacial score (nSPS) is 35.4. The Morgan fingerprint density at radius 2 is 2.08 bits per heavy atom. The fraction of sp³-hybridized carbons (Fsp3) is 0.818. The summed E-state index contributed by atoms with van der Waals surface area (Å²) in [5, 5.41) is 42.1. The van der Waals surface area contributed by atoms with E-state index in [-0.39, 0.29) is 0 Å². The van der Waals surface area contributed by atoms with Gasteiger partial charge >= 0.3 is 11.8 Å². The standard InChI is InChI=1S/C11H16F2N4O7/c1-3(19)15-5-6(16-17-14)9(12)11(13,10(22)23)24-8(5)7(21)4(20)2-18/h4-9,18,20-21H,2H2,1H3,(H,15,19)(H,22,23)/t4-,5-,6?,7-,8?,9+,11-/m1/s1. The summed E-state index contributed by atoms with van der Waals surface area (Å²) in [5.74, 6) is -7.22. The van der Waals surface area contributed by atoms with Gasteiger partial charge in [-0.25, -0.2) is 9.18 Å². The Labute approximate surface area is 133 Å². The molecule has 0 radical (unpaired) electrons. The lowest BCUT2D eigenvalue weighted by molar-refractivity contribution is -0.276. The van der Waals surface area contributed by atoms with Crippen molar-refractivity contribution in [2.45, 2.75) is 49.3 Å². The average Bonchev–Trinajstić information content (AvgIpc) is 2.52. The van der Waals surface area contributed by atoms with E-state index in [4.69, 9.17) is 15.7 Å². The molecule has 24 heavy (non-hydrogen) atoms. The first-order valence-corrected chi connectivity index (χ1v) is 6.62. The molecule has 0 spiro atoms. The summed E-state index contributed by atoms with van der Waals surface area (Å²) in [7, 11) is 0. The summed E-state index contributed by atoms with van der Waals surface area (Å²) in [5.41, 5.74) is 8.49. The second-order valence-electron chi connectivity index (χ2n) is 5.10. The van der Waals surface area contributed by atoms with Gasteiger partial charge in [0.2, 0.25) is 5.91 Å². The summed E-state index contributed by atoms with van der Waals surface area (Å²) in [6, 6.07) is -3.80. The number of aliphatic hydroxyl groups excluding tert-OH is 3. The topological polar surface area (TPSA) is 185 Å². The summed E-state index contributed by atoms with van der Waals surface area (Å²) < 4.78 is 33.1. The number of carbonyl (C=O) groups is 2. The number of aliphatic carboxylic acids is 1. The Bertz CT molecular complexity index is 546. The van der Waals surface area contributed by atoms with Crippen LogP contribution in [0.3, 0.4) is 0 Å². The van der Waals surface area contributed by atoms with Crippen LogP contribution in [-0.4, -0.2) is 81.3 Å². The molecule has 1 amide bonds. The lowest BCUT2D eigenvalue weighted by Gasteiger charge is -2.45. The van der Waals surface area contributed by atoms with Gasteiger partial charge < -0.3 is 30.5 Å². The van der Waals surface area contributed by atoms with Crippen molar-refractivity contribution in [1.82, 2.24) is 5.32 Å². The third-order valence-corrected chi connectivity index (χ3v) is 3.45. The Hall–Kier alpha value is -2.05. The Morgan fingerprint density at radius 1 is 1.50 bits per heavy atom. The molecule has 1 aliphatic rings. The molecule has 1 aliphatic heterocycles. The molecule has 0 aliphatic carbocycles. The van der Waals surface area contributed by atoms with Crippen molar-refractivity contribution < 1.29 is 43.5 Å². The minimum Gasteiger partial charge on any atom is -0.477 e. The molecule has 1 fully saturated rings. The molecule has 0 bridgehead atoms. The highest BCUT2D eigenvalue weighted by atomic mass is 19.2. The highest BCUT2D eigenvalue weighted by Crippen LogP contribution is 2.37. The van der Waals surface area contributed by atoms with Gasteiger partial charge in [-0.15, -0.1) is 0 Å². The molecule has 0 aromatic heterocycles. The van der Waals surface area contributed by atoms with Gasteiger partial charge in [-0.2, -0.15) is 4.39 Å². The predicted molar refractivity (Wildman–Crippen MR) is 70.9 cm³/mol. The van der Waals surface area contributed by atoms with Gasteiger partial charge in [0, 0.05) is 11.8 Å². The van der Waals surface area contributed by atoms with Gasteiger partial charge in [-0.05, 0) is 5.53 Å². The molecule has 0 saturated carbocycles. The molecule has 1 rings (SSSR count). The minimum absolute atomic E-state index is 0.814. The van der Waals surface area contributed by atoms with Gasteiger partial charge in [0.1, 0.15) is 18.3 Å². The van der Waals surface area contributed by atoms with E-state index in [0.717, 1.165) is 6.92 Å². The maximum Gasteiger partial charge on any atom is 0.372 e. The maximum absolute atomic E-state index is 14.4. The number of azide groups is 1. The molecular formula is C11H16F2N4O7. The third-order valence-electron chi connectivity index (χ3n) is 3.45. The lowest BCUT2D eigenvalue weighted by Crippen LogP contribution is -2.70. The van der Waals surface area contributed by atoms with Gasteiger partial charge in [0.05, 0.1) is 18.7 Å². The smallest absolute Gasteiger partial charge is 0.372 e. The number of carboxylic acid groups (broad SMARTS) is 1. The van der Waals surface area contributed by atoms with Crippen LogP contribution in [0.4, 0.5) is 8.78 Å². The number of aliphatic hydroxyl groups is 3.